The van der Waals surface area contributed by atoms with E-state index in [9.17, 15) is 9.59 Å². The minimum atomic E-state index is -0.111. The van der Waals surface area contributed by atoms with Gasteiger partial charge in [0.05, 0.1) is 0 Å². The Morgan fingerprint density at radius 3 is 2.53 bits per heavy atom. The van der Waals surface area contributed by atoms with E-state index in [1.165, 1.54) is 6.42 Å². The smallest absolute Gasteiger partial charge is 0.317 e. The summed E-state index contributed by atoms with van der Waals surface area (Å²) in [6.45, 7) is 3.26. The second-order valence-electron chi connectivity index (χ2n) is 4.09. The highest BCUT2D eigenvalue weighted by Crippen LogP contribution is 2.09. The van der Waals surface area contributed by atoms with Crippen LogP contribution in [-0.4, -0.2) is 54.5 Å². The molecule has 2 aliphatic heterocycles. The molecule has 15 heavy (non-hydrogen) atoms. The van der Waals surface area contributed by atoms with E-state index in [0.29, 0.717) is 13.1 Å². The van der Waals surface area contributed by atoms with Crippen LogP contribution in [-0.2, 0) is 4.79 Å². The molecule has 0 spiro atoms. The van der Waals surface area contributed by atoms with Crippen molar-refractivity contribution in [2.45, 2.75) is 19.3 Å². The molecular weight excluding hydrogens is 194 g/mol. The van der Waals surface area contributed by atoms with Gasteiger partial charge in [0.1, 0.15) is 6.54 Å². The van der Waals surface area contributed by atoms with Gasteiger partial charge in [0.25, 0.3) is 0 Å². The van der Waals surface area contributed by atoms with Gasteiger partial charge in [0, 0.05) is 26.2 Å². The average molecular weight is 211 g/mol. The van der Waals surface area contributed by atoms with Crippen molar-refractivity contribution in [2.75, 3.05) is 32.7 Å². The summed E-state index contributed by atoms with van der Waals surface area (Å²) < 4.78 is 0. The normalized spacial score (nSPS) is 21.7. The molecular formula is C10H17N3O2. The van der Waals surface area contributed by atoms with Gasteiger partial charge in [0.2, 0.25) is 5.91 Å². The van der Waals surface area contributed by atoms with Crippen LogP contribution >= 0.6 is 0 Å². The zero-order valence-corrected chi connectivity index (χ0v) is 8.87. The number of rotatable bonds is 2. The Balaban J connectivity index is 1.82. The second kappa shape index (κ2) is 4.51. The lowest BCUT2D eigenvalue weighted by molar-refractivity contribution is -0.132. The third-order valence-electron chi connectivity index (χ3n) is 2.98. The first-order valence-corrected chi connectivity index (χ1v) is 5.58. The summed E-state index contributed by atoms with van der Waals surface area (Å²) in [4.78, 5) is 26.5. The van der Waals surface area contributed by atoms with Gasteiger partial charge in [-0.25, -0.2) is 4.79 Å². The van der Waals surface area contributed by atoms with Crippen molar-refractivity contribution in [3.05, 3.63) is 0 Å². The van der Waals surface area contributed by atoms with Crippen LogP contribution in [0.4, 0.5) is 4.79 Å². The molecule has 2 heterocycles. The van der Waals surface area contributed by atoms with E-state index < -0.39 is 0 Å². The highest BCUT2D eigenvalue weighted by molar-refractivity contribution is 5.85. The Bertz CT molecular complexity index is 261. The number of piperidine rings is 1. The Morgan fingerprint density at radius 1 is 1.20 bits per heavy atom. The average Bonchev–Trinajstić information content (AvgIpc) is 2.66. The summed E-state index contributed by atoms with van der Waals surface area (Å²) in [6, 6.07) is -0.111. The van der Waals surface area contributed by atoms with E-state index in [0.717, 1.165) is 25.9 Å². The third kappa shape index (κ3) is 2.40. The molecule has 0 atom stereocenters. The van der Waals surface area contributed by atoms with Crippen LogP contribution in [0.5, 0.6) is 0 Å². The highest BCUT2D eigenvalue weighted by atomic mass is 16.2. The SMILES string of the molecule is O=C(CN1CCNC1=O)N1CCCCC1. The molecule has 0 aliphatic carbocycles. The molecule has 2 saturated heterocycles. The maximum Gasteiger partial charge on any atom is 0.317 e. The summed E-state index contributed by atoms with van der Waals surface area (Å²) in [5.74, 6) is 0.0896. The summed E-state index contributed by atoms with van der Waals surface area (Å²) in [7, 11) is 0. The van der Waals surface area contributed by atoms with Gasteiger partial charge in [-0.1, -0.05) is 0 Å². The maximum atomic E-state index is 11.8. The maximum absolute atomic E-state index is 11.8. The van der Waals surface area contributed by atoms with Crippen molar-refractivity contribution < 1.29 is 9.59 Å². The van der Waals surface area contributed by atoms with E-state index in [-0.39, 0.29) is 18.5 Å². The van der Waals surface area contributed by atoms with Crippen molar-refractivity contribution in [1.82, 2.24) is 15.1 Å². The fourth-order valence-electron chi connectivity index (χ4n) is 2.07. The Hall–Kier alpha value is -1.26. The Morgan fingerprint density at radius 2 is 1.93 bits per heavy atom. The molecule has 0 radical (unpaired) electrons. The van der Waals surface area contributed by atoms with Crippen LogP contribution in [0.3, 0.4) is 0 Å². The summed E-state index contributed by atoms with van der Waals surface area (Å²) in [6.07, 6.45) is 3.41. The first-order valence-electron chi connectivity index (χ1n) is 5.58. The monoisotopic (exact) mass is 211 g/mol. The lowest BCUT2D eigenvalue weighted by atomic mass is 10.1. The van der Waals surface area contributed by atoms with E-state index >= 15 is 0 Å². The van der Waals surface area contributed by atoms with Crippen LogP contribution in [0, 0.1) is 0 Å². The lowest BCUT2D eigenvalue weighted by Crippen LogP contribution is -2.43. The van der Waals surface area contributed by atoms with Crippen molar-refractivity contribution in [3.8, 4) is 0 Å². The predicted molar refractivity (Wildman–Crippen MR) is 55.4 cm³/mol. The molecule has 1 N–H and O–H groups in total. The molecule has 3 amide bonds. The van der Waals surface area contributed by atoms with Gasteiger partial charge < -0.3 is 15.1 Å². The number of hydrogen-bond acceptors (Lipinski definition) is 2. The van der Waals surface area contributed by atoms with E-state index in [1.54, 1.807) is 4.90 Å². The molecule has 0 saturated carbocycles. The minimum Gasteiger partial charge on any atom is -0.341 e. The number of urea groups is 1. The topological polar surface area (TPSA) is 52.7 Å². The fraction of sp³-hybridized carbons (Fsp3) is 0.800. The van der Waals surface area contributed by atoms with E-state index in [4.69, 9.17) is 0 Å². The minimum absolute atomic E-state index is 0.0896. The van der Waals surface area contributed by atoms with Crippen molar-refractivity contribution in [1.29, 1.82) is 0 Å². The van der Waals surface area contributed by atoms with Crippen LogP contribution < -0.4 is 5.32 Å². The number of hydrogen-bond donors (Lipinski definition) is 1. The summed E-state index contributed by atoms with van der Waals surface area (Å²) in [5.41, 5.74) is 0. The largest absolute Gasteiger partial charge is 0.341 e. The van der Waals surface area contributed by atoms with Crippen LogP contribution in [0.2, 0.25) is 0 Å². The number of amides is 3. The first kappa shape index (κ1) is 10.3. The van der Waals surface area contributed by atoms with Crippen LogP contribution in [0.25, 0.3) is 0 Å². The zero-order chi connectivity index (χ0) is 10.7. The number of nitrogens with one attached hydrogen (secondary N) is 1. The van der Waals surface area contributed by atoms with Gasteiger partial charge in [-0.2, -0.15) is 0 Å². The van der Waals surface area contributed by atoms with E-state index in [2.05, 4.69) is 5.32 Å². The molecule has 0 aromatic heterocycles. The molecule has 0 aromatic carbocycles. The first-order chi connectivity index (χ1) is 7.27. The summed E-state index contributed by atoms with van der Waals surface area (Å²) >= 11 is 0. The molecule has 2 rings (SSSR count). The second-order valence-corrected chi connectivity index (χ2v) is 4.09. The quantitative estimate of drug-likeness (QED) is 0.700. The van der Waals surface area contributed by atoms with Crippen LogP contribution in [0.15, 0.2) is 0 Å². The van der Waals surface area contributed by atoms with Crippen molar-refractivity contribution in [2.24, 2.45) is 0 Å². The molecule has 0 bridgehead atoms. The number of nitrogens with zero attached hydrogens (tertiary/aromatic N) is 2. The number of likely N-dealkylation sites (tertiary alicyclic amines) is 1. The Kier molecular flexibility index (Phi) is 3.08. The third-order valence-corrected chi connectivity index (χ3v) is 2.98. The van der Waals surface area contributed by atoms with Gasteiger partial charge >= 0.3 is 6.03 Å². The van der Waals surface area contributed by atoms with Gasteiger partial charge in [-0.3, -0.25) is 4.79 Å². The summed E-state index contributed by atoms with van der Waals surface area (Å²) in [5, 5.41) is 2.69. The zero-order valence-electron chi connectivity index (χ0n) is 8.87. The van der Waals surface area contributed by atoms with Gasteiger partial charge in [0.15, 0.2) is 0 Å². The Labute approximate surface area is 89.4 Å². The standard InChI is InChI=1S/C10H17N3O2/c14-9(12-5-2-1-3-6-12)8-13-7-4-11-10(13)15/h1-8H2,(H,11,15). The number of carbonyl (C=O) groups is 2. The fourth-order valence-corrected chi connectivity index (χ4v) is 2.07. The highest BCUT2D eigenvalue weighted by Gasteiger charge is 2.25. The molecule has 0 unspecified atom stereocenters. The molecule has 2 aliphatic rings. The van der Waals surface area contributed by atoms with Crippen molar-refractivity contribution >= 4 is 11.9 Å². The number of carbonyl (C=O) groups excluding carboxylic acids is 2. The predicted octanol–water partition coefficient (Wildman–Crippen LogP) is 0.0241. The lowest BCUT2D eigenvalue weighted by Gasteiger charge is -2.28. The molecule has 84 valence electrons. The van der Waals surface area contributed by atoms with Crippen molar-refractivity contribution in [3.63, 3.8) is 0 Å². The molecule has 0 aromatic rings. The van der Waals surface area contributed by atoms with Crippen LogP contribution in [0.1, 0.15) is 19.3 Å². The molecule has 2 fully saturated rings. The molecule has 5 nitrogen and oxygen atoms in total. The van der Waals surface area contributed by atoms with Gasteiger partial charge in [-0.15, -0.1) is 0 Å². The van der Waals surface area contributed by atoms with E-state index in [1.807, 2.05) is 4.90 Å². The molecule has 5 heteroatoms. The van der Waals surface area contributed by atoms with Gasteiger partial charge in [-0.05, 0) is 19.3 Å².